The zero-order valence-electron chi connectivity index (χ0n) is 17.6. The van der Waals surface area contributed by atoms with Crippen LogP contribution in [0, 0.1) is 5.92 Å². The lowest BCUT2D eigenvalue weighted by atomic mass is 10.0. The van der Waals surface area contributed by atoms with Crippen molar-refractivity contribution in [1.29, 1.82) is 0 Å². The van der Waals surface area contributed by atoms with Crippen molar-refractivity contribution >= 4 is 34.2 Å². The van der Waals surface area contributed by atoms with Gasteiger partial charge in [-0.3, -0.25) is 9.59 Å². The molecule has 0 aliphatic rings. The van der Waals surface area contributed by atoms with Gasteiger partial charge in [0, 0.05) is 11.1 Å². The highest BCUT2D eigenvalue weighted by Crippen LogP contribution is 2.22. The topological polar surface area (TPSA) is 84.5 Å². The number of hydrogen-bond donors (Lipinski definition) is 2. The Balaban J connectivity index is 1.55. The summed E-state index contributed by atoms with van der Waals surface area (Å²) in [6, 6.07) is 21.7. The third kappa shape index (κ3) is 6.15. The van der Waals surface area contributed by atoms with Crippen LogP contribution >= 0.6 is 0 Å². The molecule has 6 nitrogen and oxygen atoms in total. The van der Waals surface area contributed by atoms with Crippen molar-refractivity contribution in [3.8, 4) is 0 Å². The van der Waals surface area contributed by atoms with Crippen molar-refractivity contribution in [3.05, 3.63) is 78.4 Å². The van der Waals surface area contributed by atoms with Gasteiger partial charge in [0.2, 0.25) is 5.91 Å². The SMILES string of the molecule is CC(C)[C@H](NC(=O)Cc1ccccc1)C(=O)OCC(=O)Nc1cccc2ccccc12. The molecule has 0 aliphatic carbocycles. The predicted octanol–water partition coefficient (Wildman–Crippen LogP) is 3.71. The van der Waals surface area contributed by atoms with Crippen LogP contribution in [-0.2, 0) is 25.5 Å². The number of ether oxygens (including phenoxy) is 1. The fourth-order valence-corrected chi connectivity index (χ4v) is 3.25. The summed E-state index contributed by atoms with van der Waals surface area (Å²) in [4.78, 5) is 37.2. The van der Waals surface area contributed by atoms with E-state index >= 15 is 0 Å². The van der Waals surface area contributed by atoms with Gasteiger partial charge in [-0.2, -0.15) is 0 Å². The van der Waals surface area contributed by atoms with Gasteiger partial charge in [-0.25, -0.2) is 4.79 Å². The third-order valence-corrected chi connectivity index (χ3v) is 4.85. The first-order valence-corrected chi connectivity index (χ1v) is 10.2. The van der Waals surface area contributed by atoms with Gasteiger partial charge in [-0.05, 0) is 22.9 Å². The second-order valence-electron chi connectivity index (χ2n) is 7.63. The lowest BCUT2D eigenvalue weighted by Crippen LogP contribution is -2.46. The molecule has 3 rings (SSSR count). The van der Waals surface area contributed by atoms with E-state index in [2.05, 4.69) is 10.6 Å². The van der Waals surface area contributed by atoms with Gasteiger partial charge in [-0.1, -0.05) is 80.6 Å². The molecule has 6 heteroatoms. The van der Waals surface area contributed by atoms with Crippen LogP contribution in [0.1, 0.15) is 19.4 Å². The number of fused-ring (bicyclic) bond motifs is 1. The van der Waals surface area contributed by atoms with Gasteiger partial charge in [0.15, 0.2) is 6.61 Å². The highest BCUT2D eigenvalue weighted by Gasteiger charge is 2.26. The monoisotopic (exact) mass is 418 g/mol. The van der Waals surface area contributed by atoms with Gasteiger partial charge in [0.05, 0.1) is 6.42 Å². The highest BCUT2D eigenvalue weighted by molar-refractivity contribution is 6.02. The maximum absolute atomic E-state index is 12.5. The molecule has 2 N–H and O–H groups in total. The van der Waals surface area contributed by atoms with Gasteiger partial charge in [-0.15, -0.1) is 0 Å². The van der Waals surface area contributed by atoms with Crippen LogP contribution in [0.2, 0.25) is 0 Å². The van der Waals surface area contributed by atoms with E-state index in [4.69, 9.17) is 4.74 Å². The molecule has 0 saturated heterocycles. The predicted molar refractivity (Wildman–Crippen MR) is 120 cm³/mol. The van der Waals surface area contributed by atoms with E-state index in [9.17, 15) is 14.4 Å². The van der Waals surface area contributed by atoms with Crippen LogP contribution in [0.15, 0.2) is 72.8 Å². The Morgan fingerprint density at radius 3 is 2.26 bits per heavy atom. The van der Waals surface area contributed by atoms with E-state index in [1.54, 1.807) is 6.07 Å². The van der Waals surface area contributed by atoms with Crippen molar-refractivity contribution in [2.45, 2.75) is 26.3 Å². The number of amides is 2. The number of esters is 1. The fourth-order valence-electron chi connectivity index (χ4n) is 3.25. The van der Waals surface area contributed by atoms with Gasteiger partial charge < -0.3 is 15.4 Å². The number of rotatable bonds is 8. The van der Waals surface area contributed by atoms with Crippen LogP contribution in [0.3, 0.4) is 0 Å². The smallest absolute Gasteiger partial charge is 0.329 e. The molecule has 0 radical (unpaired) electrons. The van der Waals surface area contributed by atoms with Crippen molar-refractivity contribution in [1.82, 2.24) is 5.32 Å². The first kappa shape index (κ1) is 22.0. The minimum absolute atomic E-state index is 0.166. The summed E-state index contributed by atoms with van der Waals surface area (Å²) in [5.74, 6) is -1.54. The molecule has 0 saturated carbocycles. The lowest BCUT2D eigenvalue weighted by Gasteiger charge is -2.21. The van der Waals surface area contributed by atoms with Gasteiger partial charge in [0.25, 0.3) is 5.91 Å². The molecule has 0 fully saturated rings. The number of hydrogen-bond acceptors (Lipinski definition) is 4. The Bertz CT molecular complexity index is 1060. The highest BCUT2D eigenvalue weighted by atomic mass is 16.5. The Hall–Kier alpha value is -3.67. The zero-order valence-corrected chi connectivity index (χ0v) is 17.6. The first-order valence-electron chi connectivity index (χ1n) is 10.2. The summed E-state index contributed by atoms with van der Waals surface area (Å²) in [5, 5.41) is 7.39. The summed E-state index contributed by atoms with van der Waals surface area (Å²) < 4.78 is 5.20. The van der Waals surface area contributed by atoms with Gasteiger partial charge >= 0.3 is 5.97 Å². The van der Waals surface area contributed by atoms with E-state index in [-0.39, 0.29) is 18.2 Å². The standard InChI is InChI=1S/C25H26N2O4/c1-17(2)24(27-22(28)15-18-9-4-3-5-10-18)25(30)31-16-23(29)26-21-14-8-12-19-11-6-7-13-20(19)21/h3-14,17,24H,15-16H2,1-2H3,(H,26,29)(H,27,28)/t24-/m0/s1. The average molecular weight is 418 g/mol. The number of benzene rings is 3. The van der Waals surface area contributed by atoms with Gasteiger partial charge in [0.1, 0.15) is 6.04 Å². The summed E-state index contributed by atoms with van der Waals surface area (Å²) in [6.45, 7) is 3.19. The second-order valence-corrected chi connectivity index (χ2v) is 7.63. The Morgan fingerprint density at radius 2 is 1.52 bits per heavy atom. The van der Waals surface area contributed by atoms with Crippen LogP contribution in [0.25, 0.3) is 10.8 Å². The molecule has 0 unspecified atom stereocenters. The average Bonchev–Trinajstić information content (AvgIpc) is 2.76. The molecule has 31 heavy (non-hydrogen) atoms. The van der Waals surface area contributed by atoms with Crippen molar-refractivity contribution < 1.29 is 19.1 Å². The van der Waals surface area contributed by atoms with Crippen molar-refractivity contribution in [3.63, 3.8) is 0 Å². The first-order chi connectivity index (χ1) is 14.9. The maximum Gasteiger partial charge on any atom is 0.329 e. The fraction of sp³-hybridized carbons (Fsp3) is 0.240. The summed E-state index contributed by atoms with van der Waals surface area (Å²) in [5.41, 5.74) is 1.50. The summed E-state index contributed by atoms with van der Waals surface area (Å²) in [7, 11) is 0. The minimum atomic E-state index is -0.832. The van der Waals surface area contributed by atoms with Crippen molar-refractivity contribution in [2.75, 3.05) is 11.9 Å². The summed E-state index contributed by atoms with van der Waals surface area (Å²) >= 11 is 0. The second kappa shape index (κ2) is 10.4. The quantitative estimate of drug-likeness (QED) is 0.546. The molecule has 2 amide bonds. The van der Waals surface area contributed by atoms with Crippen LogP contribution in [-0.4, -0.2) is 30.4 Å². The Kier molecular flexibility index (Phi) is 7.38. The zero-order chi connectivity index (χ0) is 22.2. The van der Waals surface area contributed by atoms with E-state index in [0.717, 1.165) is 16.3 Å². The molecule has 3 aromatic rings. The Labute approximate surface area is 181 Å². The van der Waals surface area contributed by atoms with Crippen molar-refractivity contribution in [2.24, 2.45) is 5.92 Å². The molecule has 3 aromatic carbocycles. The molecule has 1 atom stereocenters. The summed E-state index contributed by atoms with van der Waals surface area (Å²) in [6.07, 6.45) is 0.166. The number of anilines is 1. The molecule has 0 aliphatic heterocycles. The number of carbonyl (C=O) groups is 3. The molecule has 0 bridgehead atoms. The molecular weight excluding hydrogens is 392 g/mol. The molecule has 0 spiro atoms. The van der Waals surface area contributed by atoms with Crippen LogP contribution in [0.4, 0.5) is 5.69 Å². The lowest BCUT2D eigenvalue weighted by molar-refractivity contribution is -0.151. The minimum Gasteiger partial charge on any atom is -0.454 e. The van der Waals surface area contributed by atoms with Crippen LogP contribution < -0.4 is 10.6 Å². The van der Waals surface area contributed by atoms with E-state index in [1.807, 2.05) is 80.6 Å². The maximum atomic E-state index is 12.5. The van der Waals surface area contributed by atoms with E-state index < -0.39 is 24.5 Å². The Morgan fingerprint density at radius 1 is 0.839 bits per heavy atom. The van der Waals surface area contributed by atoms with E-state index in [1.165, 1.54) is 0 Å². The largest absolute Gasteiger partial charge is 0.454 e. The third-order valence-electron chi connectivity index (χ3n) is 4.85. The molecule has 160 valence electrons. The number of nitrogens with one attached hydrogen (secondary N) is 2. The molecule has 0 aromatic heterocycles. The molecule has 0 heterocycles. The van der Waals surface area contributed by atoms with E-state index in [0.29, 0.717) is 5.69 Å². The molecular formula is C25H26N2O4. The number of carbonyl (C=O) groups excluding carboxylic acids is 3. The van der Waals surface area contributed by atoms with Crippen LogP contribution in [0.5, 0.6) is 0 Å². The normalized spacial score (nSPS) is 11.7.